The van der Waals surface area contributed by atoms with Gasteiger partial charge in [-0.15, -0.1) is 0 Å². The maximum atomic E-state index is 13.8. The second kappa shape index (κ2) is 8.57. The van der Waals surface area contributed by atoms with Crippen molar-refractivity contribution >= 4 is 27.9 Å². The van der Waals surface area contributed by atoms with Crippen LogP contribution in [-0.4, -0.2) is 49.9 Å². The molecule has 4 aromatic rings. The summed E-state index contributed by atoms with van der Waals surface area (Å²) in [5.41, 5.74) is -0.206. The second-order valence-electron chi connectivity index (χ2n) is 8.86. The van der Waals surface area contributed by atoms with E-state index in [1.165, 1.54) is 16.7 Å². The molecule has 0 radical (unpaired) electrons. The quantitative estimate of drug-likeness (QED) is 0.352. The van der Waals surface area contributed by atoms with Gasteiger partial charge in [0.2, 0.25) is 0 Å². The van der Waals surface area contributed by atoms with Crippen molar-refractivity contribution in [1.82, 2.24) is 28.9 Å². The fourth-order valence-electron chi connectivity index (χ4n) is 4.35. The zero-order valence-electron chi connectivity index (χ0n) is 19.1. The number of halogens is 1. The van der Waals surface area contributed by atoms with Gasteiger partial charge in [0.15, 0.2) is 0 Å². The second-order valence-corrected chi connectivity index (χ2v) is 9.69. The average Bonchev–Trinajstić information content (AvgIpc) is 3.31. The molecule has 35 heavy (non-hydrogen) atoms. The van der Waals surface area contributed by atoms with Crippen molar-refractivity contribution in [2.75, 3.05) is 11.0 Å². The lowest BCUT2D eigenvalue weighted by Gasteiger charge is -2.28. The van der Waals surface area contributed by atoms with Crippen molar-refractivity contribution in [1.29, 1.82) is 0 Å². The molecule has 3 aromatic heterocycles. The average molecular weight is 502 g/mol. The number of aryl methyl sites for hydroxylation is 2. The molecule has 1 aliphatic carbocycles. The van der Waals surface area contributed by atoms with Crippen LogP contribution < -0.4 is 15.6 Å². The molecule has 1 fully saturated rings. The summed E-state index contributed by atoms with van der Waals surface area (Å²) in [6.07, 6.45) is 5.76. The molecule has 3 heterocycles. The molecule has 184 valence electrons. The molecule has 0 bridgehead atoms. The minimum atomic E-state index is -2.49. The Morgan fingerprint density at radius 1 is 1.23 bits per heavy atom. The number of hydrogen-bond donors (Lipinski definition) is 2. The summed E-state index contributed by atoms with van der Waals surface area (Å²) in [5.74, 6) is 0.686. The molecule has 0 aliphatic heterocycles. The van der Waals surface area contributed by atoms with Gasteiger partial charge in [0.25, 0.3) is 16.8 Å². The van der Waals surface area contributed by atoms with E-state index in [-0.39, 0.29) is 24.2 Å². The number of nitrogens with zero attached hydrogens (tertiary/aromatic N) is 6. The Bertz CT molecular complexity index is 1570. The molecule has 1 aliphatic rings. The summed E-state index contributed by atoms with van der Waals surface area (Å²) in [4.78, 5) is 34.3. The molecule has 1 aromatic carbocycles. The number of aromatic amines is 1. The lowest BCUT2D eigenvalue weighted by Crippen LogP contribution is -2.42. The molecule has 1 unspecified atom stereocenters. The van der Waals surface area contributed by atoms with Crippen LogP contribution in [0, 0.1) is 6.92 Å². The van der Waals surface area contributed by atoms with Crippen molar-refractivity contribution in [3.63, 3.8) is 0 Å². The van der Waals surface area contributed by atoms with E-state index in [9.17, 15) is 22.7 Å². The van der Waals surface area contributed by atoms with Gasteiger partial charge in [-0.1, -0.05) is 0 Å². The number of imidazole rings is 1. The summed E-state index contributed by atoms with van der Waals surface area (Å²) in [6, 6.07) is 4.54. The Morgan fingerprint density at radius 3 is 2.57 bits per heavy atom. The minimum Gasteiger partial charge on any atom is -0.345 e. The predicted octanol–water partition coefficient (Wildman–Crippen LogP) is 1.47. The standard InChI is InChI=1S/C22H24FN7O4S/c1-14-24-9-16(26-14)12-28-19-4-3-17(30(35(33)34)22(13-23)5-6-22)7-18(19)20(31)29(21(28)32)11-15-8-25-27(2)10-15/h3-4,7-10H,5-6,11-13H2,1-2H3,(H,24,26)(H,33,34). The van der Waals surface area contributed by atoms with E-state index in [1.807, 2.05) is 0 Å². The summed E-state index contributed by atoms with van der Waals surface area (Å²) in [6.45, 7) is 1.13. The molecule has 1 atom stereocenters. The fraction of sp³-hybridized carbons (Fsp3) is 0.364. The van der Waals surface area contributed by atoms with Crippen LogP contribution in [0.2, 0.25) is 0 Å². The maximum Gasteiger partial charge on any atom is 0.332 e. The largest absolute Gasteiger partial charge is 0.345 e. The normalized spacial score (nSPS) is 15.4. The highest BCUT2D eigenvalue weighted by atomic mass is 32.2. The van der Waals surface area contributed by atoms with Gasteiger partial charge in [-0.25, -0.2) is 18.4 Å². The molecule has 0 amide bonds. The van der Waals surface area contributed by atoms with Gasteiger partial charge in [0.1, 0.15) is 12.5 Å². The summed E-state index contributed by atoms with van der Waals surface area (Å²) in [7, 11) is 1.74. The molecule has 0 spiro atoms. The van der Waals surface area contributed by atoms with Gasteiger partial charge in [-0.05, 0) is 38.0 Å². The van der Waals surface area contributed by atoms with Crippen LogP contribution >= 0.6 is 0 Å². The van der Waals surface area contributed by atoms with Crippen molar-refractivity contribution in [3.05, 3.63) is 74.7 Å². The monoisotopic (exact) mass is 501 g/mol. The number of nitrogens with one attached hydrogen (secondary N) is 1. The van der Waals surface area contributed by atoms with Crippen molar-refractivity contribution < 1.29 is 13.2 Å². The highest BCUT2D eigenvalue weighted by molar-refractivity contribution is 7.80. The van der Waals surface area contributed by atoms with E-state index in [2.05, 4.69) is 15.1 Å². The van der Waals surface area contributed by atoms with Crippen molar-refractivity contribution in [2.24, 2.45) is 7.05 Å². The zero-order chi connectivity index (χ0) is 24.9. The zero-order valence-corrected chi connectivity index (χ0v) is 20.0. The lowest BCUT2D eigenvalue weighted by molar-refractivity contribution is 0.413. The topological polar surface area (TPSA) is 131 Å². The van der Waals surface area contributed by atoms with E-state index in [0.717, 1.165) is 8.87 Å². The van der Waals surface area contributed by atoms with E-state index in [1.54, 1.807) is 43.3 Å². The first-order valence-electron chi connectivity index (χ1n) is 10.9. The van der Waals surface area contributed by atoms with Crippen LogP contribution in [0.4, 0.5) is 10.1 Å². The smallest absolute Gasteiger partial charge is 0.332 e. The van der Waals surface area contributed by atoms with Gasteiger partial charge < -0.3 is 4.98 Å². The molecule has 11 nitrogen and oxygen atoms in total. The minimum absolute atomic E-state index is 0.00224. The number of fused-ring (bicyclic) bond motifs is 1. The van der Waals surface area contributed by atoms with Crippen LogP contribution in [0.5, 0.6) is 0 Å². The Kier molecular flexibility index (Phi) is 5.68. The van der Waals surface area contributed by atoms with Crippen LogP contribution in [0.1, 0.15) is 29.9 Å². The van der Waals surface area contributed by atoms with Gasteiger partial charge in [0, 0.05) is 18.8 Å². The Hall–Kier alpha value is -3.58. The first kappa shape index (κ1) is 23.2. The van der Waals surface area contributed by atoms with Gasteiger partial charge in [-0.2, -0.15) is 5.10 Å². The van der Waals surface area contributed by atoms with E-state index < -0.39 is 34.7 Å². The van der Waals surface area contributed by atoms with E-state index in [0.29, 0.717) is 35.4 Å². The van der Waals surface area contributed by atoms with Crippen LogP contribution in [0.3, 0.4) is 0 Å². The molecule has 5 rings (SSSR count). The molecule has 13 heteroatoms. The van der Waals surface area contributed by atoms with Gasteiger partial charge in [-0.3, -0.25) is 27.5 Å². The Morgan fingerprint density at radius 2 is 2.00 bits per heavy atom. The number of anilines is 1. The molecule has 2 N–H and O–H groups in total. The molecule has 1 saturated carbocycles. The number of rotatable bonds is 8. The highest BCUT2D eigenvalue weighted by Gasteiger charge is 2.51. The third-order valence-electron chi connectivity index (χ3n) is 6.29. The first-order valence-corrected chi connectivity index (χ1v) is 12.0. The summed E-state index contributed by atoms with van der Waals surface area (Å²) >= 11 is -2.49. The van der Waals surface area contributed by atoms with Crippen LogP contribution in [0.15, 0.2) is 46.4 Å². The van der Waals surface area contributed by atoms with Gasteiger partial charge >= 0.3 is 5.69 Å². The number of hydrogen-bond acceptors (Lipinski definition) is 5. The van der Waals surface area contributed by atoms with E-state index in [4.69, 9.17) is 0 Å². The number of aromatic nitrogens is 6. The predicted molar refractivity (Wildman–Crippen MR) is 128 cm³/mol. The van der Waals surface area contributed by atoms with E-state index >= 15 is 0 Å². The third kappa shape index (κ3) is 4.10. The number of H-pyrrole nitrogens is 1. The van der Waals surface area contributed by atoms with Crippen molar-refractivity contribution in [3.8, 4) is 0 Å². The maximum absolute atomic E-state index is 13.8. The van der Waals surface area contributed by atoms with Crippen molar-refractivity contribution in [2.45, 2.75) is 38.4 Å². The summed E-state index contributed by atoms with van der Waals surface area (Å²) in [5, 5.41) is 4.28. The van der Waals surface area contributed by atoms with Crippen LogP contribution in [0.25, 0.3) is 10.9 Å². The van der Waals surface area contributed by atoms with Crippen LogP contribution in [-0.2, 0) is 31.4 Å². The number of benzene rings is 1. The lowest BCUT2D eigenvalue weighted by atomic mass is 10.2. The SMILES string of the molecule is Cc1ncc(Cn2c(=O)n(Cc3cnn(C)c3)c(=O)c3cc(N(S(=O)O)C4(CF)CC4)ccc32)[nH]1. The molecular weight excluding hydrogens is 477 g/mol. The fourth-order valence-corrected chi connectivity index (χ4v) is 5.21. The third-order valence-corrected chi connectivity index (χ3v) is 7.20. The number of alkyl halides is 1. The Balaban J connectivity index is 1.71. The Labute approximate surface area is 201 Å². The van der Waals surface area contributed by atoms with Gasteiger partial charge in [0.05, 0.1) is 53.3 Å². The molecular formula is C22H24FN7O4S. The highest BCUT2D eigenvalue weighted by Crippen LogP contribution is 2.45. The molecule has 0 saturated heterocycles. The summed E-state index contributed by atoms with van der Waals surface area (Å²) < 4.78 is 41.1. The first-order chi connectivity index (χ1) is 16.7.